The molecular formula is C19H30N2O2S. The van der Waals surface area contributed by atoms with E-state index in [1.165, 1.54) is 11.1 Å². The van der Waals surface area contributed by atoms with E-state index >= 15 is 0 Å². The highest BCUT2D eigenvalue weighted by Gasteiger charge is 2.21. The third kappa shape index (κ3) is 7.24. The summed E-state index contributed by atoms with van der Waals surface area (Å²) >= 11 is 1.66. The van der Waals surface area contributed by atoms with Crippen molar-refractivity contribution in [3.8, 4) is 0 Å². The maximum Gasteiger partial charge on any atom is 0.230 e. The van der Waals surface area contributed by atoms with Gasteiger partial charge in [0.1, 0.15) is 0 Å². The number of benzene rings is 1. The number of hydrogen-bond acceptors (Lipinski definition) is 4. The van der Waals surface area contributed by atoms with Crippen molar-refractivity contribution in [2.75, 3.05) is 38.5 Å². The Balaban J connectivity index is 1.62. The minimum atomic E-state index is 0.0947. The molecule has 1 aliphatic heterocycles. The number of ether oxygens (including phenoxy) is 1. The number of thioether (sulfide) groups is 1. The minimum Gasteiger partial charge on any atom is -0.374 e. The van der Waals surface area contributed by atoms with Gasteiger partial charge in [-0.2, -0.15) is 0 Å². The summed E-state index contributed by atoms with van der Waals surface area (Å²) in [6.45, 7) is 10.9. The van der Waals surface area contributed by atoms with Gasteiger partial charge in [0.25, 0.3) is 0 Å². The van der Waals surface area contributed by atoms with Crippen molar-refractivity contribution in [1.29, 1.82) is 0 Å². The highest BCUT2D eigenvalue weighted by Crippen LogP contribution is 2.13. The van der Waals surface area contributed by atoms with Crippen LogP contribution in [0.3, 0.4) is 0 Å². The van der Waals surface area contributed by atoms with E-state index in [9.17, 15) is 4.79 Å². The molecule has 0 bridgehead atoms. The van der Waals surface area contributed by atoms with Gasteiger partial charge in [-0.15, -0.1) is 11.8 Å². The van der Waals surface area contributed by atoms with E-state index in [-0.39, 0.29) is 12.0 Å². The molecule has 0 saturated carbocycles. The average molecular weight is 351 g/mol. The molecule has 0 spiro atoms. The molecule has 1 heterocycles. The Morgan fingerprint density at radius 2 is 2.29 bits per heavy atom. The van der Waals surface area contributed by atoms with Gasteiger partial charge in [0.15, 0.2) is 0 Å². The Morgan fingerprint density at radius 3 is 3.04 bits per heavy atom. The predicted molar refractivity (Wildman–Crippen MR) is 101 cm³/mol. The fraction of sp³-hybridized carbons (Fsp3) is 0.632. The Hall–Kier alpha value is -1.04. The summed E-state index contributed by atoms with van der Waals surface area (Å²) in [6, 6.07) is 8.43. The molecule has 1 amide bonds. The molecule has 2 rings (SSSR count). The first-order valence-electron chi connectivity index (χ1n) is 8.77. The molecule has 4 nitrogen and oxygen atoms in total. The van der Waals surface area contributed by atoms with E-state index in [2.05, 4.69) is 55.3 Å². The van der Waals surface area contributed by atoms with Crippen molar-refractivity contribution in [3.05, 3.63) is 35.4 Å². The normalized spacial score (nSPS) is 18.8. The predicted octanol–water partition coefficient (Wildman–Crippen LogP) is 2.70. The molecule has 1 saturated heterocycles. The molecule has 1 unspecified atom stereocenters. The van der Waals surface area contributed by atoms with Gasteiger partial charge in [0, 0.05) is 31.9 Å². The number of nitrogens with zero attached hydrogens (tertiary/aromatic N) is 1. The molecule has 0 aliphatic carbocycles. The largest absolute Gasteiger partial charge is 0.374 e. The Bertz CT molecular complexity index is 522. The zero-order valence-electron chi connectivity index (χ0n) is 15.1. The molecule has 1 aliphatic rings. The number of hydrogen-bond donors (Lipinski definition) is 1. The van der Waals surface area contributed by atoms with E-state index in [0.29, 0.717) is 18.2 Å². The van der Waals surface area contributed by atoms with Crippen molar-refractivity contribution in [1.82, 2.24) is 10.2 Å². The Labute approximate surface area is 150 Å². The van der Waals surface area contributed by atoms with Gasteiger partial charge < -0.3 is 10.1 Å². The summed E-state index contributed by atoms with van der Waals surface area (Å²) in [7, 11) is 0. The monoisotopic (exact) mass is 350 g/mol. The number of rotatable bonds is 8. The molecule has 1 atom stereocenters. The standard InChI is InChI=1S/C19H30N2O2S/c1-15(2)11-21-7-8-23-18(12-21)10-20-19(22)14-24-13-17-6-4-5-16(3)9-17/h4-6,9,15,18H,7-8,10-14H2,1-3H3,(H,20,22). The third-order valence-electron chi connectivity index (χ3n) is 3.96. The van der Waals surface area contributed by atoms with Crippen LogP contribution < -0.4 is 5.32 Å². The molecule has 0 aromatic heterocycles. The topological polar surface area (TPSA) is 41.6 Å². The van der Waals surface area contributed by atoms with Crippen molar-refractivity contribution in [3.63, 3.8) is 0 Å². The van der Waals surface area contributed by atoms with Crippen LogP contribution in [-0.4, -0.2) is 55.4 Å². The molecule has 1 fully saturated rings. The number of nitrogens with one attached hydrogen (secondary N) is 1. The van der Waals surface area contributed by atoms with Crippen molar-refractivity contribution < 1.29 is 9.53 Å². The number of morpholine rings is 1. The molecule has 24 heavy (non-hydrogen) atoms. The summed E-state index contributed by atoms with van der Waals surface area (Å²) in [6.07, 6.45) is 0.114. The third-order valence-corrected chi connectivity index (χ3v) is 4.96. The summed E-state index contributed by atoms with van der Waals surface area (Å²) in [5.74, 6) is 2.13. The number of aryl methyl sites for hydroxylation is 1. The number of carbonyl (C=O) groups excluding carboxylic acids is 1. The zero-order valence-corrected chi connectivity index (χ0v) is 15.9. The van der Waals surface area contributed by atoms with Crippen LogP contribution in [0.15, 0.2) is 24.3 Å². The number of carbonyl (C=O) groups is 1. The van der Waals surface area contributed by atoms with Crippen LogP contribution in [0.2, 0.25) is 0 Å². The second-order valence-electron chi connectivity index (χ2n) is 6.93. The van der Waals surface area contributed by atoms with Crippen molar-refractivity contribution in [2.24, 2.45) is 5.92 Å². The minimum absolute atomic E-state index is 0.0947. The molecular weight excluding hydrogens is 320 g/mol. The van der Waals surface area contributed by atoms with Gasteiger partial charge in [-0.05, 0) is 18.4 Å². The average Bonchev–Trinajstić information content (AvgIpc) is 2.53. The molecule has 134 valence electrons. The van der Waals surface area contributed by atoms with E-state index in [0.717, 1.165) is 32.0 Å². The van der Waals surface area contributed by atoms with Crippen LogP contribution in [0.5, 0.6) is 0 Å². The molecule has 5 heteroatoms. The maximum atomic E-state index is 12.0. The lowest BCUT2D eigenvalue weighted by molar-refractivity contribution is -0.119. The van der Waals surface area contributed by atoms with Crippen LogP contribution in [0, 0.1) is 12.8 Å². The van der Waals surface area contributed by atoms with E-state index in [1.54, 1.807) is 11.8 Å². The van der Waals surface area contributed by atoms with E-state index in [1.807, 2.05) is 0 Å². The zero-order chi connectivity index (χ0) is 17.4. The molecule has 1 N–H and O–H groups in total. The fourth-order valence-electron chi connectivity index (χ4n) is 2.93. The summed E-state index contributed by atoms with van der Waals surface area (Å²) in [4.78, 5) is 14.4. The Kier molecular flexibility index (Phi) is 8.09. The SMILES string of the molecule is Cc1cccc(CSCC(=O)NCC2CN(CC(C)C)CCO2)c1. The highest BCUT2D eigenvalue weighted by molar-refractivity contribution is 7.99. The maximum absolute atomic E-state index is 12.0. The van der Waals surface area contributed by atoms with Crippen molar-refractivity contribution >= 4 is 17.7 Å². The quantitative estimate of drug-likeness (QED) is 0.783. The molecule has 1 aromatic carbocycles. The first kappa shape index (κ1) is 19.3. The first-order chi connectivity index (χ1) is 11.5. The van der Waals surface area contributed by atoms with Gasteiger partial charge >= 0.3 is 0 Å². The van der Waals surface area contributed by atoms with Gasteiger partial charge in [0.2, 0.25) is 5.91 Å². The second-order valence-corrected chi connectivity index (χ2v) is 7.92. The number of amides is 1. The van der Waals surface area contributed by atoms with Gasteiger partial charge in [-0.25, -0.2) is 0 Å². The van der Waals surface area contributed by atoms with Gasteiger partial charge in [0.05, 0.1) is 18.5 Å². The van der Waals surface area contributed by atoms with E-state index < -0.39 is 0 Å². The first-order valence-corrected chi connectivity index (χ1v) is 9.92. The lowest BCUT2D eigenvalue weighted by atomic mass is 10.2. The lowest BCUT2D eigenvalue weighted by Crippen LogP contribution is -2.48. The summed E-state index contributed by atoms with van der Waals surface area (Å²) < 4.78 is 5.76. The van der Waals surface area contributed by atoms with Crippen LogP contribution in [0.25, 0.3) is 0 Å². The van der Waals surface area contributed by atoms with Crippen molar-refractivity contribution in [2.45, 2.75) is 32.6 Å². The lowest BCUT2D eigenvalue weighted by Gasteiger charge is -2.33. The summed E-state index contributed by atoms with van der Waals surface area (Å²) in [5, 5.41) is 3.01. The Morgan fingerprint density at radius 1 is 1.46 bits per heavy atom. The van der Waals surface area contributed by atoms with Gasteiger partial charge in [-0.3, -0.25) is 9.69 Å². The second kappa shape index (κ2) is 10.1. The highest BCUT2D eigenvalue weighted by atomic mass is 32.2. The van der Waals surface area contributed by atoms with Crippen LogP contribution >= 0.6 is 11.8 Å². The molecule has 0 radical (unpaired) electrons. The smallest absolute Gasteiger partial charge is 0.230 e. The van der Waals surface area contributed by atoms with Gasteiger partial charge in [-0.1, -0.05) is 43.7 Å². The van der Waals surface area contributed by atoms with Crippen LogP contribution in [-0.2, 0) is 15.3 Å². The van der Waals surface area contributed by atoms with Crippen LogP contribution in [0.4, 0.5) is 0 Å². The fourth-order valence-corrected chi connectivity index (χ4v) is 3.73. The molecule has 1 aromatic rings. The van der Waals surface area contributed by atoms with Crippen LogP contribution in [0.1, 0.15) is 25.0 Å². The van der Waals surface area contributed by atoms with E-state index in [4.69, 9.17) is 4.74 Å². The summed E-state index contributed by atoms with van der Waals surface area (Å²) in [5.41, 5.74) is 2.53.